The monoisotopic (exact) mass is 383 g/mol. The van der Waals surface area contributed by atoms with Crippen LogP contribution in [-0.2, 0) is 19.6 Å². The molecule has 0 unspecified atom stereocenters. The third-order valence-electron chi connectivity index (χ3n) is 4.32. The minimum atomic E-state index is -3.78. The van der Waals surface area contributed by atoms with Gasteiger partial charge in [0.15, 0.2) is 0 Å². The molecule has 1 amide bonds. The summed E-state index contributed by atoms with van der Waals surface area (Å²) in [5.74, 6) is -0.142. The fourth-order valence-corrected chi connectivity index (χ4v) is 4.05. The molecule has 1 fully saturated rings. The van der Waals surface area contributed by atoms with Crippen LogP contribution in [0.1, 0.15) is 0 Å². The largest absolute Gasteiger partial charge is 0.370 e. The number of hydrogen-bond acceptors (Lipinski definition) is 5. The van der Waals surface area contributed by atoms with E-state index in [-0.39, 0.29) is 17.4 Å². The molecule has 1 aliphatic heterocycles. The molecule has 1 N–H and O–H groups in total. The van der Waals surface area contributed by atoms with Gasteiger partial charge in [-0.15, -0.1) is 0 Å². The molecule has 1 aromatic heterocycles. The lowest BCUT2D eigenvalue weighted by atomic mass is 10.2. The van der Waals surface area contributed by atoms with E-state index in [4.69, 9.17) is 4.74 Å². The first-order valence-corrected chi connectivity index (χ1v) is 9.88. The van der Waals surface area contributed by atoms with E-state index < -0.39 is 10.0 Å². The second kappa shape index (κ2) is 6.98. The molecular weight excluding hydrogens is 366 g/mol. The van der Waals surface area contributed by atoms with E-state index >= 15 is 0 Å². The number of morpholine rings is 1. The molecule has 3 aromatic rings. The van der Waals surface area contributed by atoms with Crippen molar-refractivity contribution in [2.45, 2.75) is 4.90 Å². The Bertz CT molecular complexity index is 1090. The quantitative estimate of drug-likeness (QED) is 0.747. The molecule has 4 rings (SSSR count). The molecule has 2 aromatic carbocycles. The highest BCUT2D eigenvalue weighted by molar-refractivity contribution is 7.92. The smallest absolute Gasteiger partial charge is 0.261 e. The Hall–Kier alpha value is -2.97. The summed E-state index contributed by atoms with van der Waals surface area (Å²) in [5, 5.41) is 0.846. The van der Waals surface area contributed by atoms with Gasteiger partial charge in [0.25, 0.3) is 15.9 Å². The van der Waals surface area contributed by atoms with Crippen LogP contribution in [0.15, 0.2) is 65.7 Å². The predicted molar refractivity (Wildman–Crippen MR) is 102 cm³/mol. The molecular formula is C19H17N3O4S. The third-order valence-corrected chi connectivity index (χ3v) is 5.70. The van der Waals surface area contributed by atoms with E-state index in [0.717, 1.165) is 5.39 Å². The summed E-state index contributed by atoms with van der Waals surface area (Å²) < 4.78 is 33.2. The molecule has 0 aliphatic carbocycles. The zero-order valence-electron chi connectivity index (χ0n) is 14.3. The Balaban J connectivity index is 1.61. The molecule has 2 heterocycles. The second-order valence-corrected chi connectivity index (χ2v) is 7.76. The number of sulfonamides is 1. The van der Waals surface area contributed by atoms with Crippen molar-refractivity contribution >= 4 is 38.2 Å². The minimum Gasteiger partial charge on any atom is -0.370 e. The predicted octanol–water partition coefficient (Wildman–Crippen LogP) is 2.40. The summed E-state index contributed by atoms with van der Waals surface area (Å²) >= 11 is 0. The van der Waals surface area contributed by atoms with Gasteiger partial charge in [0.05, 0.1) is 22.7 Å². The average molecular weight is 383 g/mol. The molecule has 7 nitrogen and oxygen atoms in total. The number of benzene rings is 2. The number of rotatable bonds is 4. The van der Waals surface area contributed by atoms with Crippen LogP contribution in [0.2, 0.25) is 0 Å². The third kappa shape index (κ3) is 3.49. The average Bonchev–Trinajstić information content (AvgIpc) is 2.69. The fourth-order valence-electron chi connectivity index (χ4n) is 2.99. The lowest BCUT2D eigenvalue weighted by molar-refractivity contribution is -0.125. The number of para-hydroxylation sites is 1. The number of pyridine rings is 1. The number of fused-ring (bicyclic) bond motifs is 1. The number of nitrogens with zero attached hydrogens (tertiary/aromatic N) is 2. The van der Waals surface area contributed by atoms with Crippen molar-refractivity contribution < 1.29 is 17.9 Å². The van der Waals surface area contributed by atoms with Gasteiger partial charge in [0.2, 0.25) is 0 Å². The molecule has 0 atom stereocenters. The van der Waals surface area contributed by atoms with Gasteiger partial charge >= 0.3 is 0 Å². The van der Waals surface area contributed by atoms with Crippen LogP contribution in [0.3, 0.4) is 0 Å². The molecule has 0 bridgehead atoms. The summed E-state index contributed by atoms with van der Waals surface area (Å²) in [6.07, 6.45) is 1.62. The molecule has 138 valence electrons. The summed E-state index contributed by atoms with van der Waals surface area (Å²) in [6.45, 7) is 0.946. The minimum absolute atomic E-state index is 0.0374. The summed E-state index contributed by atoms with van der Waals surface area (Å²) in [5.41, 5.74) is 1.65. The lowest BCUT2D eigenvalue weighted by Gasteiger charge is -2.26. The zero-order chi connectivity index (χ0) is 18.9. The number of hydrogen-bond donors (Lipinski definition) is 1. The normalized spacial score (nSPS) is 15.1. The number of carbonyl (C=O) groups excluding carboxylic acids is 1. The van der Waals surface area contributed by atoms with Crippen LogP contribution >= 0.6 is 0 Å². The van der Waals surface area contributed by atoms with Gasteiger partial charge < -0.3 is 9.64 Å². The van der Waals surface area contributed by atoms with Crippen molar-refractivity contribution in [3.63, 3.8) is 0 Å². The number of ether oxygens (including phenoxy) is 1. The maximum absolute atomic E-state index is 12.8. The summed E-state index contributed by atoms with van der Waals surface area (Å²) in [6, 6.07) is 15.2. The van der Waals surface area contributed by atoms with Crippen molar-refractivity contribution in [3.05, 3.63) is 60.8 Å². The Morgan fingerprint density at radius 3 is 2.59 bits per heavy atom. The van der Waals surface area contributed by atoms with E-state index in [9.17, 15) is 13.2 Å². The molecule has 1 aliphatic rings. The maximum Gasteiger partial charge on any atom is 0.261 e. The summed E-state index contributed by atoms with van der Waals surface area (Å²) in [4.78, 5) is 17.9. The summed E-state index contributed by atoms with van der Waals surface area (Å²) in [7, 11) is -3.78. The topological polar surface area (TPSA) is 88.6 Å². The van der Waals surface area contributed by atoms with Crippen LogP contribution in [0.25, 0.3) is 10.9 Å². The first-order chi connectivity index (χ1) is 13.0. The molecule has 0 spiro atoms. The zero-order valence-corrected chi connectivity index (χ0v) is 15.1. The number of carbonyl (C=O) groups is 1. The van der Waals surface area contributed by atoms with Gasteiger partial charge in [0.1, 0.15) is 6.61 Å². The number of nitrogens with one attached hydrogen (secondary N) is 1. The van der Waals surface area contributed by atoms with E-state index in [0.29, 0.717) is 30.0 Å². The van der Waals surface area contributed by atoms with Crippen molar-refractivity contribution in [1.29, 1.82) is 0 Å². The Morgan fingerprint density at radius 1 is 1.04 bits per heavy atom. The van der Waals surface area contributed by atoms with Gasteiger partial charge in [0, 0.05) is 23.8 Å². The van der Waals surface area contributed by atoms with Crippen LogP contribution in [0.4, 0.5) is 11.4 Å². The highest BCUT2D eigenvalue weighted by Gasteiger charge is 2.21. The lowest BCUT2D eigenvalue weighted by Crippen LogP contribution is -2.41. The Labute approximate surface area is 156 Å². The Kier molecular flexibility index (Phi) is 4.51. The molecule has 27 heavy (non-hydrogen) atoms. The van der Waals surface area contributed by atoms with Gasteiger partial charge in [-0.1, -0.05) is 18.2 Å². The van der Waals surface area contributed by atoms with Crippen LogP contribution in [0.5, 0.6) is 0 Å². The molecule has 1 saturated heterocycles. The van der Waals surface area contributed by atoms with E-state index in [1.807, 2.05) is 12.1 Å². The molecule has 8 heteroatoms. The van der Waals surface area contributed by atoms with Gasteiger partial charge in [-0.3, -0.25) is 14.5 Å². The van der Waals surface area contributed by atoms with Gasteiger partial charge in [-0.05, 0) is 36.4 Å². The van der Waals surface area contributed by atoms with E-state index in [1.165, 1.54) is 12.1 Å². The second-order valence-electron chi connectivity index (χ2n) is 6.08. The van der Waals surface area contributed by atoms with Crippen LogP contribution in [-0.4, -0.2) is 39.1 Å². The van der Waals surface area contributed by atoms with Gasteiger partial charge in [-0.2, -0.15) is 0 Å². The number of aromatic nitrogens is 1. The highest BCUT2D eigenvalue weighted by Crippen LogP contribution is 2.25. The van der Waals surface area contributed by atoms with E-state index in [1.54, 1.807) is 41.4 Å². The van der Waals surface area contributed by atoms with Crippen molar-refractivity contribution in [3.8, 4) is 0 Å². The van der Waals surface area contributed by atoms with Crippen LogP contribution in [0, 0.1) is 0 Å². The molecule has 0 radical (unpaired) electrons. The SMILES string of the molecule is O=C1COCCN1c1ccc(S(=O)(=O)Nc2cccc3cccnc23)cc1. The fraction of sp³-hybridized carbons (Fsp3) is 0.158. The standard InChI is InChI=1S/C19H17N3O4S/c23-18-13-26-12-11-22(18)15-6-8-16(9-7-15)27(24,25)21-17-5-1-3-14-4-2-10-20-19(14)17/h1-10,21H,11-13H2. The number of anilines is 2. The molecule has 0 saturated carbocycles. The van der Waals surface area contributed by atoms with Crippen LogP contribution < -0.4 is 9.62 Å². The number of amides is 1. The van der Waals surface area contributed by atoms with Crippen molar-refractivity contribution in [1.82, 2.24) is 4.98 Å². The van der Waals surface area contributed by atoms with Crippen molar-refractivity contribution in [2.24, 2.45) is 0 Å². The first-order valence-electron chi connectivity index (χ1n) is 8.39. The van der Waals surface area contributed by atoms with E-state index in [2.05, 4.69) is 9.71 Å². The highest BCUT2D eigenvalue weighted by atomic mass is 32.2. The Morgan fingerprint density at radius 2 is 1.81 bits per heavy atom. The maximum atomic E-state index is 12.8. The van der Waals surface area contributed by atoms with Crippen molar-refractivity contribution in [2.75, 3.05) is 29.4 Å². The van der Waals surface area contributed by atoms with Gasteiger partial charge in [-0.25, -0.2) is 8.42 Å². The first kappa shape index (κ1) is 17.4.